The Morgan fingerprint density at radius 2 is 1.89 bits per heavy atom. The predicted molar refractivity (Wildman–Crippen MR) is 140 cm³/mol. The standard InChI is InChI=1S/C26H26ClF2N5O3S/c1-13-7-16(17-8-22(27)31-10-20(17)37-2)18(9-30-13)24(35)33-26-32-19-11-34(12-21(19)38-26)25(36)15-5-3-14(4-6-15)23(28)29/h7-10,14-15,23H,3-6,11-12H2,1-2H3,(H,32,33,35). The summed E-state index contributed by atoms with van der Waals surface area (Å²) in [6.07, 6.45) is 2.42. The van der Waals surface area contributed by atoms with Gasteiger partial charge in [-0.05, 0) is 44.7 Å². The average molecular weight is 562 g/mol. The molecule has 0 bridgehead atoms. The summed E-state index contributed by atoms with van der Waals surface area (Å²) in [6.45, 7) is 2.57. The van der Waals surface area contributed by atoms with Gasteiger partial charge in [0.1, 0.15) is 10.9 Å². The number of anilines is 1. The van der Waals surface area contributed by atoms with Crippen molar-refractivity contribution in [2.24, 2.45) is 11.8 Å². The van der Waals surface area contributed by atoms with E-state index in [9.17, 15) is 18.4 Å². The first-order valence-electron chi connectivity index (χ1n) is 12.3. The second-order valence-electron chi connectivity index (χ2n) is 9.56. The number of hydrogen-bond acceptors (Lipinski definition) is 7. The number of ether oxygens (including phenoxy) is 1. The number of hydrogen-bond donors (Lipinski definition) is 1. The van der Waals surface area contributed by atoms with Gasteiger partial charge in [-0.3, -0.25) is 19.9 Å². The van der Waals surface area contributed by atoms with E-state index in [-0.39, 0.29) is 17.0 Å². The Morgan fingerprint density at radius 3 is 2.58 bits per heavy atom. The Hall–Kier alpha value is -3.18. The van der Waals surface area contributed by atoms with Gasteiger partial charge in [0, 0.05) is 34.9 Å². The number of nitrogens with zero attached hydrogens (tertiary/aromatic N) is 4. The van der Waals surface area contributed by atoms with Crippen LogP contribution in [0, 0.1) is 18.8 Å². The summed E-state index contributed by atoms with van der Waals surface area (Å²) in [4.78, 5) is 41.8. The molecule has 5 rings (SSSR count). The first-order valence-corrected chi connectivity index (χ1v) is 13.5. The van der Waals surface area contributed by atoms with E-state index in [0.29, 0.717) is 72.0 Å². The maximum atomic E-state index is 13.3. The van der Waals surface area contributed by atoms with Crippen LogP contribution in [0.3, 0.4) is 0 Å². The predicted octanol–water partition coefficient (Wildman–Crippen LogP) is 5.74. The van der Waals surface area contributed by atoms with Crippen molar-refractivity contribution in [3.05, 3.63) is 51.5 Å². The summed E-state index contributed by atoms with van der Waals surface area (Å²) >= 11 is 7.44. The maximum Gasteiger partial charge on any atom is 0.259 e. The van der Waals surface area contributed by atoms with Gasteiger partial charge in [-0.2, -0.15) is 0 Å². The van der Waals surface area contributed by atoms with Crippen molar-refractivity contribution < 1.29 is 23.1 Å². The van der Waals surface area contributed by atoms with Crippen molar-refractivity contribution in [3.63, 3.8) is 0 Å². The smallest absolute Gasteiger partial charge is 0.259 e. The molecular formula is C26H26ClF2N5O3S. The Bertz CT molecular complexity index is 1350. The number of thiazole rings is 1. The molecule has 1 saturated carbocycles. The molecule has 3 aromatic heterocycles. The fourth-order valence-electron chi connectivity index (χ4n) is 5.04. The molecule has 2 aliphatic rings. The van der Waals surface area contributed by atoms with Gasteiger partial charge in [-0.1, -0.05) is 22.9 Å². The molecule has 0 aromatic carbocycles. The normalized spacial score (nSPS) is 18.9. The van der Waals surface area contributed by atoms with Gasteiger partial charge < -0.3 is 9.64 Å². The largest absolute Gasteiger partial charge is 0.494 e. The van der Waals surface area contributed by atoms with Crippen LogP contribution in [0.25, 0.3) is 11.1 Å². The van der Waals surface area contributed by atoms with E-state index in [1.54, 1.807) is 17.0 Å². The lowest BCUT2D eigenvalue weighted by atomic mass is 9.81. The average Bonchev–Trinajstić information content (AvgIpc) is 3.47. The van der Waals surface area contributed by atoms with Crippen molar-refractivity contribution in [3.8, 4) is 16.9 Å². The van der Waals surface area contributed by atoms with Crippen molar-refractivity contribution in [1.29, 1.82) is 0 Å². The van der Waals surface area contributed by atoms with Crippen LogP contribution in [0.4, 0.5) is 13.9 Å². The third kappa shape index (κ3) is 5.35. The molecule has 1 aliphatic carbocycles. The molecular weight excluding hydrogens is 536 g/mol. The number of carbonyl (C=O) groups is 2. The van der Waals surface area contributed by atoms with Crippen LogP contribution in [0.5, 0.6) is 5.75 Å². The number of pyridine rings is 2. The van der Waals surface area contributed by atoms with E-state index in [1.165, 1.54) is 30.8 Å². The minimum Gasteiger partial charge on any atom is -0.494 e. The van der Waals surface area contributed by atoms with Gasteiger partial charge in [0.25, 0.3) is 5.91 Å². The fourth-order valence-corrected chi connectivity index (χ4v) is 6.18. The SMILES string of the molecule is COc1cnc(Cl)cc1-c1cc(C)ncc1C(=O)Nc1nc2c(s1)CN(C(=O)C1CCC(C(F)F)CC1)C2. The Morgan fingerprint density at radius 1 is 1.13 bits per heavy atom. The zero-order chi connectivity index (χ0) is 27.0. The molecule has 0 atom stereocenters. The molecule has 4 heterocycles. The molecule has 200 valence electrons. The summed E-state index contributed by atoms with van der Waals surface area (Å²) < 4.78 is 31.3. The van der Waals surface area contributed by atoms with Gasteiger partial charge in [0.05, 0.1) is 42.5 Å². The monoisotopic (exact) mass is 561 g/mol. The Kier molecular flexibility index (Phi) is 7.58. The summed E-state index contributed by atoms with van der Waals surface area (Å²) in [5, 5.41) is 3.55. The number of aryl methyl sites for hydroxylation is 1. The number of alkyl halides is 2. The van der Waals surface area contributed by atoms with E-state index < -0.39 is 18.3 Å². The molecule has 0 unspecified atom stereocenters. The molecule has 0 radical (unpaired) electrons. The van der Waals surface area contributed by atoms with Gasteiger partial charge in [0.2, 0.25) is 12.3 Å². The summed E-state index contributed by atoms with van der Waals surface area (Å²) in [5.74, 6) is -0.750. The molecule has 12 heteroatoms. The number of halogens is 3. The van der Waals surface area contributed by atoms with Crippen molar-refractivity contribution in [1.82, 2.24) is 19.9 Å². The molecule has 3 aromatic rings. The van der Waals surface area contributed by atoms with Crippen molar-refractivity contribution >= 4 is 39.9 Å². The van der Waals surface area contributed by atoms with Crippen LogP contribution >= 0.6 is 22.9 Å². The zero-order valence-corrected chi connectivity index (χ0v) is 22.4. The highest BCUT2D eigenvalue weighted by Crippen LogP contribution is 2.38. The van der Waals surface area contributed by atoms with Crippen LogP contribution in [0.2, 0.25) is 5.15 Å². The van der Waals surface area contributed by atoms with E-state index in [0.717, 1.165) is 10.6 Å². The van der Waals surface area contributed by atoms with Crippen LogP contribution in [0.1, 0.15) is 52.3 Å². The molecule has 1 aliphatic heterocycles. The number of nitrogens with one attached hydrogen (secondary N) is 1. The number of rotatable bonds is 6. The minimum atomic E-state index is -2.32. The molecule has 0 saturated heterocycles. The first-order chi connectivity index (χ1) is 18.2. The second-order valence-corrected chi connectivity index (χ2v) is 11.0. The molecule has 2 amide bonds. The highest BCUT2D eigenvalue weighted by Gasteiger charge is 2.36. The molecule has 1 N–H and O–H groups in total. The van der Waals surface area contributed by atoms with Crippen LogP contribution in [-0.2, 0) is 17.9 Å². The second kappa shape index (κ2) is 10.9. The lowest BCUT2D eigenvalue weighted by Crippen LogP contribution is -2.35. The van der Waals surface area contributed by atoms with E-state index in [1.807, 2.05) is 6.92 Å². The van der Waals surface area contributed by atoms with Gasteiger partial charge >= 0.3 is 0 Å². The topological polar surface area (TPSA) is 97.3 Å². The number of amides is 2. The lowest BCUT2D eigenvalue weighted by Gasteiger charge is -2.29. The maximum absolute atomic E-state index is 13.3. The number of methoxy groups -OCH3 is 1. The Labute approximate surface area is 227 Å². The first kappa shape index (κ1) is 26.4. The summed E-state index contributed by atoms with van der Waals surface area (Å²) in [6, 6.07) is 3.42. The van der Waals surface area contributed by atoms with Crippen LogP contribution in [0.15, 0.2) is 24.5 Å². The Balaban J connectivity index is 1.28. The highest BCUT2D eigenvalue weighted by molar-refractivity contribution is 7.16. The van der Waals surface area contributed by atoms with Gasteiger partial charge in [0.15, 0.2) is 5.13 Å². The van der Waals surface area contributed by atoms with Crippen LogP contribution in [-0.4, -0.2) is 45.2 Å². The number of carbonyl (C=O) groups excluding carboxylic acids is 2. The van der Waals surface area contributed by atoms with Gasteiger partial charge in [-0.15, -0.1) is 0 Å². The molecule has 38 heavy (non-hydrogen) atoms. The van der Waals surface area contributed by atoms with E-state index in [2.05, 4.69) is 20.3 Å². The highest BCUT2D eigenvalue weighted by atomic mass is 35.5. The quantitative estimate of drug-likeness (QED) is 0.386. The molecule has 8 nitrogen and oxygen atoms in total. The van der Waals surface area contributed by atoms with E-state index >= 15 is 0 Å². The minimum absolute atomic E-state index is 0.00571. The third-order valence-corrected chi connectivity index (χ3v) is 8.30. The van der Waals surface area contributed by atoms with Crippen molar-refractivity contribution in [2.75, 3.05) is 12.4 Å². The van der Waals surface area contributed by atoms with E-state index in [4.69, 9.17) is 16.3 Å². The number of aromatic nitrogens is 3. The molecule has 1 fully saturated rings. The summed E-state index contributed by atoms with van der Waals surface area (Å²) in [7, 11) is 1.52. The molecule has 0 spiro atoms. The lowest BCUT2D eigenvalue weighted by molar-refractivity contribution is -0.138. The fraction of sp³-hybridized carbons (Fsp3) is 0.423. The number of fused-ring (bicyclic) bond motifs is 1. The van der Waals surface area contributed by atoms with Gasteiger partial charge in [-0.25, -0.2) is 18.7 Å². The zero-order valence-electron chi connectivity index (χ0n) is 20.8. The van der Waals surface area contributed by atoms with Crippen molar-refractivity contribution in [2.45, 2.75) is 52.1 Å². The summed E-state index contributed by atoms with van der Waals surface area (Å²) in [5.41, 5.74) is 2.99. The third-order valence-electron chi connectivity index (χ3n) is 7.09. The van der Waals surface area contributed by atoms with Crippen LogP contribution < -0.4 is 10.1 Å².